The maximum atomic E-state index is 12.3. The van der Waals surface area contributed by atoms with E-state index in [0.717, 1.165) is 0 Å². The van der Waals surface area contributed by atoms with Gasteiger partial charge in [-0.2, -0.15) is 8.42 Å². The summed E-state index contributed by atoms with van der Waals surface area (Å²) in [6.07, 6.45) is 0. The number of rotatable bonds is 2. The molecule has 74 valence electrons. The molecule has 0 fully saturated rings. The Morgan fingerprint density at radius 1 is 1.23 bits per heavy atom. The molecule has 0 spiro atoms. The molecule has 1 unspecified atom stereocenters. The minimum atomic E-state index is -4.68. The van der Waals surface area contributed by atoms with Gasteiger partial charge in [0.25, 0.3) is 0 Å². The average Bonchev–Trinajstić information content (AvgIpc) is 2.03. The van der Waals surface area contributed by atoms with Gasteiger partial charge >= 0.3 is 10.2 Å². The minimum Gasteiger partial charge on any atom is -0.309 e. The first kappa shape index (κ1) is 12.3. The fourth-order valence-electron chi connectivity index (χ4n) is 0.805. The van der Waals surface area contributed by atoms with Gasteiger partial charge in [0, 0.05) is 0 Å². The summed E-state index contributed by atoms with van der Waals surface area (Å²) in [7, 11) is -4.68. The molecule has 0 aliphatic rings. The zero-order valence-corrected chi connectivity index (χ0v) is 8.19. The van der Waals surface area contributed by atoms with E-state index in [2.05, 4.69) is 0 Å². The quantitative estimate of drug-likeness (QED) is 0.774. The third-order valence-electron chi connectivity index (χ3n) is 1.43. The van der Waals surface area contributed by atoms with Gasteiger partial charge in [-0.25, -0.2) is 0 Å². The summed E-state index contributed by atoms with van der Waals surface area (Å²) in [6, 6.07) is 7.81. The topological polar surface area (TPSA) is 60.2 Å². The highest BCUT2D eigenvalue weighted by atomic mass is 35.5. The molecule has 0 heterocycles. The first-order chi connectivity index (χ1) is 5.52. The van der Waals surface area contributed by atoms with Crippen LogP contribution in [0.5, 0.6) is 0 Å². The number of hydrogen-bond acceptors (Lipinski definition) is 3. The molecule has 1 atom stereocenters. The molecule has 6 heteroatoms. The molecule has 13 heavy (non-hydrogen) atoms. The summed E-state index contributed by atoms with van der Waals surface area (Å²) >= 11 is 0. The monoisotopic (exact) mass is 225 g/mol. The average molecular weight is 226 g/mol. The van der Waals surface area contributed by atoms with E-state index in [4.69, 9.17) is 5.73 Å². The van der Waals surface area contributed by atoms with Crippen molar-refractivity contribution in [2.45, 2.75) is 5.37 Å². The van der Waals surface area contributed by atoms with Crippen molar-refractivity contribution < 1.29 is 12.3 Å². The summed E-state index contributed by atoms with van der Waals surface area (Å²) in [6.45, 7) is 0. The first-order valence-electron chi connectivity index (χ1n) is 3.26. The van der Waals surface area contributed by atoms with Gasteiger partial charge in [-0.1, -0.05) is 30.3 Å². The number of hydrogen-bond donors (Lipinski definition) is 1. The molecule has 1 rings (SSSR count). The molecule has 1 aromatic carbocycles. The van der Waals surface area contributed by atoms with Crippen LogP contribution in [0.4, 0.5) is 3.89 Å². The Hall–Kier alpha value is -0.650. The van der Waals surface area contributed by atoms with Crippen molar-refractivity contribution in [1.29, 1.82) is 0 Å². The smallest absolute Gasteiger partial charge is 0.309 e. The lowest BCUT2D eigenvalue weighted by Gasteiger charge is -2.05. The molecular formula is C7H9ClFNO2S. The zero-order chi connectivity index (χ0) is 9.19. The minimum absolute atomic E-state index is 0. The predicted octanol–water partition coefficient (Wildman–Crippen LogP) is 1.37. The second-order valence-corrected chi connectivity index (χ2v) is 3.77. The zero-order valence-electron chi connectivity index (χ0n) is 6.55. The van der Waals surface area contributed by atoms with E-state index in [1.54, 1.807) is 18.2 Å². The van der Waals surface area contributed by atoms with Crippen molar-refractivity contribution in [2.75, 3.05) is 0 Å². The fourth-order valence-corrected chi connectivity index (χ4v) is 1.29. The largest absolute Gasteiger partial charge is 0.322 e. The summed E-state index contributed by atoms with van der Waals surface area (Å²) in [4.78, 5) is 0. The molecule has 0 saturated carbocycles. The second kappa shape index (κ2) is 4.55. The highest BCUT2D eigenvalue weighted by Gasteiger charge is 2.21. The number of benzene rings is 1. The summed E-state index contributed by atoms with van der Waals surface area (Å²) < 4.78 is 33.0. The molecule has 0 aliphatic heterocycles. The van der Waals surface area contributed by atoms with Gasteiger partial charge in [-0.3, -0.25) is 0 Å². The molecule has 2 N–H and O–H groups in total. The lowest BCUT2D eigenvalue weighted by molar-refractivity contribution is 0.538. The second-order valence-electron chi connectivity index (χ2n) is 2.31. The maximum absolute atomic E-state index is 12.3. The van der Waals surface area contributed by atoms with Crippen LogP contribution in [-0.2, 0) is 10.2 Å². The van der Waals surface area contributed by atoms with E-state index in [9.17, 15) is 12.3 Å². The van der Waals surface area contributed by atoms with E-state index < -0.39 is 15.6 Å². The molecule has 0 bridgehead atoms. The number of nitrogens with two attached hydrogens (primary N) is 1. The normalized spacial score (nSPS) is 13.1. The van der Waals surface area contributed by atoms with Crippen LogP contribution in [0.25, 0.3) is 0 Å². The van der Waals surface area contributed by atoms with Gasteiger partial charge in [0.1, 0.15) is 0 Å². The van der Waals surface area contributed by atoms with Crippen LogP contribution in [0.15, 0.2) is 30.3 Å². The summed E-state index contributed by atoms with van der Waals surface area (Å²) in [5.74, 6) is 0. The van der Waals surface area contributed by atoms with Gasteiger partial charge < -0.3 is 5.73 Å². The van der Waals surface area contributed by atoms with Crippen LogP contribution in [0.1, 0.15) is 10.9 Å². The SMILES string of the molecule is Cl.NC(c1ccccc1)S(=O)(=O)F. The van der Waals surface area contributed by atoms with Crippen molar-refractivity contribution >= 4 is 22.6 Å². The molecule has 1 aromatic rings. The lowest BCUT2D eigenvalue weighted by atomic mass is 10.2. The van der Waals surface area contributed by atoms with Crippen LogP contribution in [0.3, 0.4) is 0 Å². The van der Waals surface area contributed by atoms with E-state index in [1.165, 1.54) is 12.1 Å². The predicted molar refractivity (Wildman–Crippen MR) is 50.6 cm³/mol. The van der Waals surface area contributed by atoms with Crippen LogP contribution in [0.2, 0.25) is 0 Å². The molecular weight excluding hydrogens is 217 g/mol. The van der Waals surface area contributed by atoms with Crippen LogP contribution in [0, 0.1) is 0 Å². The van der Waals surface area contributed by atoms with Crippen LogP contribution < -0.4 is 5.73 Å². The van der Waals surface area contributed by atoms with E-state index in [-0.39, 0.29) is 18.0 Å². The highest BCUT2D eigenvalue weighted by molar-refractivity contribution is 7.86. The Morgan fingerprint density at radius 2 is 1.69 bits per heavy atom. The van der Waals surface area contributed by atoms with Crippen LogP contribution in [-0.4, -0.2) is 8.42 Å². The molecule has 0 aliphatic carbocycles. The van der Waals surface area contributed by atoms with Gasteiger partial charge in [-0.05, 0) is 5.56 Å². The van der Waals surface area contributed by atoms with Crippen LogP contribution >= 0.6 is 12.4 Å². The fraction of sp³-hybridized carbons (Fsp3) is 0.143. The van der Waals surface area contributed by atoms with Crippen molar-refractivity contribution in [3.05, 3.63) is 35.9 Å². The Bertz CT molecular complexity index is 354. The van der Waals surface area contributed by atoms with E-state index in [1.807, 2.05) is 0 Å². The molecule has 3 nitrogen and oxygen atoms in total. The summed E-state index contributed by atoms with van der Waals surface area (Å²) in [5.41, 5.74) is 5.36. The maximum Gasteiger partial charge on any atom is 0.322 e. The Labute approximate surface area is 82.4 Å². The molecule has 0 saturated heterocycles. The lowest BCUT2D eigenvalue weighted by Crippen LogP contribution is -2.17. The Morgan fingerprint density at radius 3 is 2.08 bits per heavy atom. The van der Waals surface area contributed by atoms with Gasteiger partial charge in [-0.15, -0.1) is 16.3 Å². The summed E-state index contributed by atoms with van der Waals surface area (Å²) in [5, 5.41) is -1.57. The van der Waals surface area contributed by atoms with Gasteiger partial charge in [0.2, 0.25) is 0 Å². The Kier molecular flexibility index (Phi) is 4.32. The van der Waals surface area contributed by atoms with Crippen molar-refractivity contribution in [2.24, 2.45) is 5.73 Å². The highest BCUT2D eigenvalue weighted by Crippen LogP contribution is 2.16. The van der Waals surface area contributed by atoms with E-state index in [0.29, 0.717) is 0 Å². The van der Waals surface area contributed by atoms with Crippen molar-refractivity contribution in [3.63, 3.8) is 0 Å². The first-order valence-corrected chi connectivity index (χ1v) is 4.70. The Balaban J connectivity index is 0.00000144. The van der Waals surface area contributed by atoms with Gasteiger partial charge in [0.15, 0.2) is 5.37 Å². The third kappa shape index (κ3) is 3.30. The molecule has 0 amide bonds. The third-order valence-corrected chi connectivity index (χ3v) is 2.31. The standard InChI is InChI=1S/C7H8FNO2S.ClH/c8-12(10,11)7(9)6-4-2-1-3-5-6;/h1-5,7H,9H2;1H. The molecule has 0 radical (unpaired) electrons. The number of halogens is 2. The van der Waals surface area contributed by atoms with Crippen molar-refractivity contribution in [3.8, 4) is 0 Å². The van der Waals surface area contributed by atoms with Crippen molar-refractivity contribution in [1.82, 2.24) is 0 Å². The van der Waals surface area contributed by atoms with E-state index >= 15 is 0 Å². The molecule has 0 aromatic heterocycles. The van der Waals surface area contributed by atoms with Gasteiger partial charge in [0.05, 0.1) is 0 Å².